The van der Waals surface area contributed by atoms with Crippen molar-refractivity contribution < 1.29 is 14.1 Å². The number of carbonyl (C=O) groups excluding carboxylic acids is 1. The standard InChI is InChI=1S/C15H19N3O3S/c1-10-8-20-11(2)7-18(10)14(19)4-3-13-16-15(17-21-13)12-5-6-22-9-12/h5-6,9-11H,3-4,7-8H2,1-2H3/t10-,11+/m1/s1. The Morgan fingerprint density at radius 1 is 1.50 bits per heavy atom. The van der Waals surface area contributed by atoms with Crippen LogP contribution in [0, 0.1) is 0 Å². The molecule has 0 saturated carbocycles. The maximum atomic E-state index is 12.3. The highest BCUT2D eigenvalue weighted by atomic mass is 32.1. The Bertz CT molecular complexity index is 626. The van der Waals surface area contributed by atoms with Crippen molar-refractivity contribution in [2.45, 2.75) is 38.8 Å². The highest BCUT2D eigenvalue weighted by Gasteiger charge is 2.27. The lowest BCUT2D eigenvalue weighted by Crippen LogP contribution is -2.50. The topological polar surface area (TPSA) is 68.5 Å². The summed E-state index contributed by atoms with van der Waals surface area (Å²) < 4.78 is 10.8. The molecule has 0 radical (unpaired) electrons. The zero-order valence-corrected chi connectivity index (χ0v) is 13.5. The first-order chi connectivity index (χ1) is 10.6. The summed E-state index contributed by atoms with van der Waals surface area (Å²) in [5.74, 6) is 1.19. The van der Waals surface area contributed by atoms with Gasteiger partial charge in [0.15, 0.2) is 0 Å². The Balaban J connectivity index is 1.57. The lowest BCUT2D eigenvalue weighted by Gasteiger charge is -2.36. The van der Waals surface area contributed by atoms with Crippen molar-refractivity contribution in [1.82, 2.24) is 15.0 Å². The molecule has 22 heavy (non-hydrogen) atoms. The molecule has 0 aliphatic carbocycles. The Morgan fingerprint density at radius 3 is 3.14 bits per heavy atom. The molecule has 1 saturated heterocycles. The predicted octanol–water partition coefficient (Wildman–Crippen LogP) is 2.37. The summed E-state index contributed by atoms with van der Waals surface area (Å²) in [4.78, 5) is 18.6. The number of nitrogens with zero attached hydrogens (tertiary/aromatic N) is 3. The second-order valence-electron chi connectivity index (χ2n) is 5.56. The van der Waals surface area contributed by atoms with E-state index in [0.717, 1.165) is 5.56 Å². The van der Waals surface area contributed by atoms with Gasteiger partial charge in [-0.25, -0.2) is 0 Å². The quantitative estimate of drug-likeness (QED) is 0.865. The summed E-state index contributed by atoms with van der Waals surface area (Å²) in [6, 6.07) is 2.06. The van der Waals surface area contributed by atoms with E-state index in [1.54, 1.807) is 11.3 Å². The molecular formula is C15H19N3O3S. The number of aromatic nitrogens is 2. The molecule has 3 heterocycles. The molecule has 0 aromatic carbocycles. The molecule has 2 atom stereocenters. The zero-order chi connectivity index (χ0) is 15.5. The lowest BCUT2D eigenvalue weighted by atomic mass is 10.1. The van der Waals surface area contributed by atoms with Gasteiger partial charge in [-0.05, 0) is 25.3 Å². The number of ether oxygens (including phenoxy) is 1. The van der Waals surface area contributed by atoms with Crippen molar-refractivity contribution in [3.63, 3.8) is 0 Å². The third-order valence-corrected chi connectivity index (χ3v) is 4.41. The van der Waals surface area contributed by atoms with Gasteiger partial charge in [-0.3, -0.25) is 4.79 Å². The molecule has 1 amide bonds. The SMILES string of the molecule is C[C@@H]1CO[C@@H](C)CN1C(=O)CCc1nc(-c2ccsc2)no1. The average molecular weight is 321 g/mol. The molecule has 1 aliphatic heterocycles. The van der Waals surface area contributed by atoms with Gasteiger partial charge in [0.1, 0.15) is 0 Å². The van der Waals surface area contributed by atoms with Gasteiger partial charge in [0, 0.05) is 30.3 Å². The van der Waals surface area contributed by atoms with Gasteiger partial charge < -0.3 is 14.2 Å². The van der Waals surface area contributed by atoms with E-state index >= 15 is 0 Å². The van der Waals surface area contributed by atoms with E-state index in [1.807, 2.05) is 35.6 Å². The Kier molecular flexibility index (Phi) is 4.54. The van der Waals surface area contributed by atoms with Crippen LogP contribution in [-0.4, -0.2) is 46.2 Å². The summed E-state index contributed by atoms with van der Waals surface area (Å²) in [5, 5.41) is 7.89. The molecule has 0 unspecified atom stereocenters. The monoisotopic (exact) mass is 321 g/mol. The highest BCUT2D eigenvalue weighted by molar-refractivity contribution is 7.08. The van der Waals surface area contributed by atoms with Crippen LogP contribution in [0.2, 0.25) is 0 Å². The smallest absolute Gasteiger partial charge is 0.227 e. The van der Waals surface area contributed by atoms with E-state index in [0.29, 0.717) is 37.7 Å². The van der Waals surface area contributed by atoms with Crippen molar-refractivity contribution in [3.8, 4) is 11.4 Å². The van der Waals surface area contributed by atoms with Gasteiger partial charge >= 0.3 is 0 Å². The van der Waals surface area contributed by atoms with Crippen LogP contribution in [0.1, 0.15) is 26.2 Å². The molecule has 1 aliphatic rings. The van der Waals surface area contributed by atoms with Crippen LogP contribution in [0.4, 0.5) is 0 Å². The molecule has 3 rings (SSSR count). The first kappa shape index (κ1) is 15.2. The number of morpholine rings is 1. The number of carbonyl (C=O) groups is 1. The van der Waals surface area contributed by atoms with Crippen LogP contribution >= 0.6 is 11.3 Å². The molecular weight excluding hydrogens is 302 g/mol. The summed E-state index contributed by atoms with van der Waals surface area (Å²) in [5.41, 5.74) is 0.946. The fourth-order valence-corrected chi connectivity index (χ4v) is 3.11. The third kappa shape index (κ3) is 3.36. The van der Waals surface area contributed by atoms with Crippen LogP contribution in [0.25, 0.3) is 11.4 Å². The molecule has 0 spiro atoms. The fraction of sp³-hybridized carbons (Fsp3) is 0.533. The average Bonchev–Trinajstić information content (AvgIpc) is 3.17. The molecule has 2 aromatic heterocycles. The number of hydrogen-bond donors (Lipinski definition) is 0. The normalized spacial score (nSPS) is 22.0. The van der Waals surface area contributed by atoms with Gasteiger partial charge in [0.25, 0.3) is 0 Å². The van der Waals surface area contributed by atoms with Gasteiger partial charge in [-0.2, -0.15) is 16.3 Å². The molecule has 118 valence electrons. The predicted molar refractivity (Wildman–Crippen MR) is 82.5 cm³/mol. The lowest BCUT2D eigenvalue weighted by molar-refractivity contribution is -0.143. The van der Waals surface area contributed by atoms with E-state index in [-0.39, 0.29) is 18.1 Å². The maximum absolute atomic E-state index is 12.3. The van der Waals surface area contributed by atoms with Crippen molar-refractivity contribution in [2.24, 2.45) is 0 Å². The summed E-state index contributed by atoms with van der Waals surface area (Å²) in [7, 11) is 0. The van der Waals surface area contributed by atoms with E-state index in [4.69, 9.17) is 9.26 Å². The van der Waals surface area contributed by atoms with Crippen LogP contribution in [0.15, 0.2) is 21.3 Å². The number of thiophene rings is 1. The minimum atomic E-state index is 0.0914. The van der Waals surface area contributed by atoms with Gasteiger partial charge in [-0.15, -0.1) is 0 Å². The van der Waals surface area contributed by atoms with Crippen LogP contribution in [0.3, 0.4) is 0 Å². The number of hydrogen-bond acceptors (Lipinski definition) is 6. The van der Waals surface area contributed by atoms with Gasteiger partial charge in [-0.1, -0.05) is 5.16 Å². The van der Waals surface area contributed by atoms with Gasteiger partial charge in [0.2, 0.25) is 17.6 Å². The van der Waals surface area contributed by atoms with E-state index in [1.165, 1.54) is 0 Å². The largest absolute Gasteiger partial charge is 0.375 e. The maximum Gasteiger partial charge on any atom is 0.227 e. The van der Waals surface area contributed by atoms with Crippen molar-refractivity contribution >= 4 is 17.2 Å². The zero-order valence-electron chi connectivity index (χ0n) is 12.7. The van der Waals surface area contributed by atoms with Crippen molar-refractivity contribution in [3.05, 3.63) is 22.7 Å². The van der Waals surface area contributed by atoms with E-state index in [2.05, 4.69) is 10.1 Å². The number of rotatable bonds is 4. The molecule has 1 fully saturated rings. The van der Waals surface area contributed by atoms with Crippen molar-refractivity contribution in [1.29, 1.82) is 0 Å². The van der Waals surface area contributed by atoms with Crippen molar-refractivity contribution in [2.75, 3.05) is 13.2 Å². The Morgan fingerprint density at radius 2 is 2.36 bits per heavy atom. The fourth-order valence-electron chi connectivity index (χ4n) is 2.47. The molecule has 7 heteroatoms. The third-order valence-electron chi connectivity index (χ3n) is 3.73. The first-order valence-corrected chi connectivity index (χ1v) is 8.34. The molecule has 6 nitrogen and oxygen atoms in total. The Labute approximate surface area is 133 Å². The van der Waals surface area contributed by atoms with E-state index < -0.39 is 0 Å². The number of aryl methyl sites for hydroxylation is 1. The molecule has 2 aromatic rings. The molecule has 0 N–H and O–H groups in total. The Hall–Kier alpha value is -1.73. The minimum Gasteiger partial charge on any atom is -0.375 e. The van der Waals surface area contributed by atoms with Crippen LogP contribution < -0.4 is 0 Å². The minimum absolute atomic E-state index is 0.0914. The van der Waals surface area contributed by atoms with Gasteiger partial charge in [0.05, 0.1) is 18.8 Å². The van der Waals surface area contributed by atoms with Crippen LogP contribution in [0.5, 0.6) is 0 Å². The molecule has 0 bridgehead atoms. The summed E-state index contributed by atoms with van der Waals surface area (Å²) in [6.45, 7) is 5.22. The first-order valence-electron chi connectivity index (χ1n) is 7.39. The van der Waals surface area contributed by atoms with Crippen LogP contribution in [-0.2, 0) is 16.0 Å². The second-order valence-corrected chi connectivity index (χ2v) is 6.34. The number of amides is 1. The summed E-state index contributed by atoms with van der Waals surface area (Å²) >= 11 is 1.59. The van der Waals surface area contributed by atoms with E-state index in [9.17, 15) is 4.79 Å². The highest BCUT2D eigenvalue weighted by Crippen LogP contribution is 2.19. The summed E-state index contributed by atoms with van der Waals surface area (Å²) in [6.07, 6.45) is 0.935. The second kappa shape index (κ2) is 6.58.